The molecule has 1 aromatic carbocycles. The van der Waals surface area contributed by atoms with Gasteiger partial charge >= 0.3 is 0 Å². The number of carbonyl (C=O) groups excluding carboxylic acids is 1. The van der Waals surface area contributed by atoms with E-state index in [1.807, 2.05) is 38.1 Å². The Morgan fingerprint density at radius 2 is 2.06 bits per heavy atom. The minimum Gasteiger partial charge on any atom is -0.491 e. The minimum absolute atomic E-state index is 0.00225. The molecule has 3 heteroatoms. The number of hydrogen-bond acceptors (Lipinski definition) is 2. The zero-order valence-corrected chi connectivity index (χ0v) is 10.4. The predicted molar refractivity (Wildman–Crippen MR) is 69.1 cm³/mol. The van der Waals surface area contributed by atoms with Crippen molar-refractivity contribution in [3.05, 3.63) is 42.5 Å². The molecule has 1 N–H and O–H groups in total. The maximum absolute atomic E-state index is 11.4. The lowest BCUT2D eigenvalue weighted by atomic mass is 10.1. The normalized spacial score (nSPS) is 10.1. The Balaban J connectivity index is 2.50. The van der Waals surface area contributed by atoms with Gasteiger partial charge in [-0.2, -0.15) is 0 Å². The predicted octanol–water partition coefficient (Wildman–Crippen LogP) is 2.32. The van der Waals surface area contributed by atoms with Crippen LogP contribution in [0.4, 0.5) is 0 Å². The van der Waals surface area contributed by atoms with Crippen molar-refractivity contribution in [1.82, 2.24) is 5.32 Å². The van der Waals surface area contributed by atoms with E-state index in [0.717, 1.165) is 11.3 Å². The first kappa shape index (κ1) is 13.3. The third-order valence-electron chi connectivity index (χ3n) is 2.10. The van der Waals surface area contributed by atoms with Crippen molar-refractivity contribution in [2.45, 2.75) is 26.4 Å². The molecule has 0 fully saturated rings. The second kappa shape index (κ2) is 6.74. The van der Waals surface area contributed by atoms with Crippen LogP contribution in [0.3, 0.4) is 0 Å². The minimum atomic E-state index is 0.00225. The summed E-state index contributed by atoms with van der Waals surface area (Å²) in [7, 11) is 0. The number of rotatable bonds is 6. The molecule has 0 spiro atoms. The van der Waals surface area contributed by atoms with Gasteiger partial charge in [0.15, 0.2) is 0 Å². The summed E-state index contributed by atoms with van der Waals surface area (Å²) in [5.74, 6) is 0.831. The van der Waals surface area contributed by atoms with Gasteiger partial charge in [-0.3, -0.25) is 4.79 Å². The number of ether oxygens (including phenoxy) is 1. The van der Waals surface area contributed by atoms with Crippen LogP contribution < -0.4 is 10.1 Å². The summed E-state index contributed by atoms with van der Waals surface area (Å²) in [6.07, 6.45) is 2.21. The number of carbonyl (C=O) groups is 1. The standard InChI is InChI=1S/C14H19NO2/c1-4-9-15-14(16)10-12-5-7-13(8-6-12)17-11(2)3/h4-8,11H,1,9-10H2,2-3H3,(H,15,16). The second-order valence-electron chi connectivity index (χ2n) is 4.08. The van der Waals surface area contributed by atoms with Crippen LogP contribution in [0, 0.1) is 0 Å². The topological polar surface area (TPSA) is 38.3 Å². The Morgan fingerprint density at radius 1 is 1.41 bits per heavy atom. The van der Waals surface area contributed by atoms with E-state index in [1.54, 1.807) is 6.08 Å². The summed E-state index contributed by atoms with van der Waals surface area (Å²) >= 11 is 0. The first-order chi connectivity index (χ1) is 8.11. The number of amides is 1. The fourth-order valence-corrected chi connectivity index (χ4v) is 1.39. The Kier molecular flexibility index (Phi) is 5.27. The molecular formula is C14H19NO2. The summed E-state index contributed by atoms with van der Waals surface area (Å²) in [5.41, 5.74) is 0.975. The van der Waals surface area contributed by atoms with Crippen LogP contribution in [-0.2, 0) is 11.2 Å². The van der Waals surface area contributed by atoms with Crippen molar-refractivity contribution in [3.63, 3.8) is 0 Å². The molecule has 0 aliphatic heterocycles. The molecule has 0 aliphatic rings. The molecule has 1 amide bonds. The molecule has 0 radical (unpaired) electrons. The maximum Gasteiger partial charge on any atom is 0.224 e. The molecule has 0 saturated heterocycles. The third-order valence-corrected chi connectivity index (χ3v) is 2.10. The van der Waals surface area contributed by atoms with E-state index in [0.29, 0.717) is 13.0 Å². The Hall–Kier alpha value is -1.77. The third kappa shape index (κ3) is 5.20. The molecule has 0 aliphatic carbocycles. The lowest BCUT2D eigenvalue weighted by Crippen LogP contribution is -2.24. The molecule has 3 nitrogen and oxygen atoms in total. The van der Waals surface area contributed by atoms with E-state index in [4.69, 9.17) is 4.74 Å². The van der Waals surface area contributed by atoms with Crippen molar-refractivity contribution in [3.8, 4) is 5.75 Å². The van der Waals surface area contributed by atoms with Gasteiger partial charge in [-0.15, -0.1) is 6.58 Å². The van der Waals surface area contributed by atoms with Crippen LogP contribution in [0.25, 0.3) is 0 Å². The highest BCUT2D eigenvalue weighted by Crippen LogP contribution is 2.14. The van der Waals surface area contributed by atoms with Gasteiger partial charge in [0.25, 0.3) is 0 Å². The first-order valence-electron chi connectivity index (χ1n) is 5.75. The number of hydrogen-bond donors (Lipinski definition) is 1. The van der Waals surface area contributed by atoms with Crippen LogP contribution in [0.15, 0.2) is 36.9 Å². The molecule has 92 valence electrons. The van der Waals surface area contributed by atoms with E-state index in [1.165, 1.54) is 0 Å². The Bertz CT molecular complexity index is 368. The van der Waals surface area contributed by atoms with Gasteiger partial charge in [-0.05, 0) is 31.5 Å². The van der Waals surface area contributed by atoms with Gasteiger partial charge < -0.3 is 10.1 Å². The molecule has 0 atom stereocenters. The molecule has 1 aromatic rings. The van der Waals surface area contributed by atoms with Crippen molar-refractivity contribution in [1.29, 1.82) is 0 Å². The van der Waals surface area contributed by atoms with Crippen LogP contribution in [0.5, 0.6) is 5.75 Å². The fraction of sp³-hybridized carbons (Fsp3) is 0.357. The number of benzene rings is 1. The van der Waals surface area contributed by atoms with Gasteiger partial charge in [-0.25, -0.2) is 0 Å². The van der Waals surface area contributed by atoms with Crippen molar-refractivity contribution < 1.29 is 9.53 Å². The van der Waals surface area contributed by atoms with Crippen molar-refractivity contribution >= 4 is 5.91 Å². The van der Waals surface area contributed by atoms with E-state index in [-0.39, 0.29) is 12.0 Å². The van der Waals surface area contributed by atoms with E-state index >= 15 is 0 Å². The quantitative estimate of drug-likeness (QED) is 0.766. The summed E-state index contributed by atoms with van der Waals surface area (Å²) < 4.78 is 5.53. The van der Waals surface area contributed by atoms with Crippen LogP contribution in [0.2, 0.25) is 0 Å². The van der Waals surface area contributed by atoms with Crippen LogP contribution >= 0.6 is 0 Å². The van der Waals surface area contributed by atoms with Crippen molar-refractivity contribution in [2.24, 2.45) is 0 Å². The van der Waals surface area contributed by atoms with E-state index in [9.17, 15) is 4.79 Å². The van der Waals surface area contributed by atoms with Gasteiger partial charge in [0.05, 0.1) is 12.5 Å². The molecule has 1 rings (SSSR count). The Morgan fingerprint density at radius 3 is 2.59 bits per heavy atom. The number of nitrogens with one attached hydrogen (secondary N) is 1. The molecule has 0 saturated carbocycles. The molecule has 0 heterocycles. The maximum atomic E-state index is 11.4. The lowest BCUT2D eigenvalue weighted by Gasteiger charge is -2.10. The molecule has 0 unspecified atom stereocenters. The van der Waals surface area contributed by atoms with Crippen LogP contribution in [0.1, 0.15) is 19.4 Å². The van der Waals surface area contributed by atoms with Crippen LogP contribution in [-0.4, -0.2) is 18.6 Å². The van der Waals surface area contributed by atoms with Crippen molar-refractivity contribution in [2.75, 3.05) is 6.54 Å². The van der Waals surface area contributed by atoms with E-state index in [2.05, 4.69) is 11.9 Å². The SMILES string of the molecule is C=CCNC(=O)Cc1ccc(OC(C)C)cc1. The zero-order valence-electron chi connectivity index (χ0n) is 10.4. The summed E-state index contributed by atoms with van der Waals surface area (Å²) in [6, 6.07) is 7.59. The summed E-state index contributed by atoms with van der Waals surface area (Å²) in [6.45, 7) is 8.02. The molecular weight excluding hydrogens is 214 g/mol. The highest BCUT2D eigenvalue weighted by atomic mass is 16.5. The monoisotopic (exact) mass is 233 g/mol. The van der Waals surface area contributed by atoms with Gasteiger partial charge in [-0.1, -0.05) is 18.2 Å². The lowest BCUT2D eigenvalue weighted by molar-refractivity contribution is -0.120. The zero-order chi connectivity index (χ0) is 12.7. The molecule has 0 aromatic heterocycles. The Labute approximate surface area is 102 Å². The molecule has 17 heavy (non-hydrogen) atoms. The summed E-state index contributed by atoms with van der Waals surface area (Å²) in [4.78, 5) is 11.4. The summed E-state index contributed by atoms with van der Waals surface area (Å²) in [5, 5.41) is 2.74. The fourth-order valence-electron chi connectivity index (χ4n) is 1.39. The first-order valence-corrected chi connectivity index (χ1v) is 5.75. The van der Waals surface area contributed by atoms with Gasteiger partial charge in [0.1, 0.15) is 5.75 Å². The smallest absolute Gasteiger partial charge is 0.224 e. The highest BCUT2D eigenvalue weighted by molar-refractivity contribution is 5.78. The van der Waals surface area contributed by atoms with E-state index < -0.39 is 0 Å². The molecule has 0 bridgehead atoms. The largest absolute Gasteiger partial charge is 0.491 e. The average molecular weight is 233 g/mol. The average Bonchev–Trinajstić information content (AvgIpc) is 2.28. The highest BCUT2D eigenvalue weighted by Gasteiger charge is 2.03. The second-order valence-corrected chi connectivity index (χ2v) is 4.08. The van der Waals surface area contributed by atoms with Gasteiger partial charge in [0.2, 0.25) is 5.91 Å². The van der Waals surface area contributed by atoms with Gasteiger partial charge in [0, 0.05) is 6.54 Å².